The summed E-state index contributed by atoms with van der Waals surface area (Å²) in [4.78, 5) is 84.8. The van der Waals surface area contributed by atoms with E-state index in [1.165, 1.54) is 11.1 Å². The van der Waals surface area contributed by atoms with Crippen molar-refractivity contribution in [3.05, 3.63) is 89.2 Å². The molecule has 15 heteroatoms. The number of fused-ring (bicyclic) bond motifs is 2. The zero-order valence-corrected chi connectivity index (χ0v) is 33.4. The number of amides is 5. The van der Waals surface area contributed by atoms with Crippen LogP contribution < -0.4 is 20.3 Å². The number of nitrogens with zero attached hydrogens (tertiary/aromatic N) is 8. The summed E-state index contributed by atoms with van der Waals surface area (Å²) in [7, 11) is 0. The first-order valence-corrected chi connectivity index (χ1v) is 21.0. The van der Waals surface area contributed by atoms with E-state index in [2.05, 4.69) is 30.7 Å². The molecule has 1 atom stereocenters. The summed E-state index contributed by atoms with van der Waals surface area (Å²) >= 11 is 0. The number of anilines is 2. The van der Waals surface area contributed by atoms with E-state index in [9.17, 15) is 29.2 Å². The van der Waals surface area contributed by atoms with E-state index in [-0.39, 0.29) is 36.5 Å². The van der Waals surface area contributed by atoms with Gasteiger partial charge >= 0.3 is 0 Å². The molecule has 6 heterocycles. The van der Waals surface area contributed by atoms with Gasteiger partial charge in [0.25, 0.3) is 17.7 Å². The second-order valence-electron chi connectivity index (χ2n) is 16.5. The third kappa shape index (κ3) is 7.40. The lowest BCUT2D eigenvalue weighted by Crippen LogP contribution is -2.59. The first-order valence-electron chi connectivity index (χ1n) is 21.0. The van der Waals surface area contributed by atoms with Gasteiger partial charge in [-0.15, -0.1) is 0 Å². The molecule has 2 N–H and O–H groups in total. The Balaban J connectivity index is 0.783. The minimum atomic E-state index is -1.04. The van der Waals surface area contributed by atoms with Crippen molar-refractivity contribution in [2.75, 3.05) is 55.6 Å². The lowest BCUT2D eigenvalue weighted by atomic mass is 9.89. The zero-order chi connectivity index (χ0) is 41.5. The number of hydrogen-bond donors (Lipinski definition) is 1. The number of imide groups is 2. The van der Waals surface area contributed by atoms with Crippen LogP contribution in [-0.4, -0.2) is 118 Å². The van der Waals surface area contributed by atoms with Crippen molar-refractivity contribution in [1.29, 1.82) is 5.26 Å². The van der Waals surface area contributed by atoms with Gasteiger partial charge in [-0.3, -0.25) is 43.7 Å². The van der Waals surface area contributed by atoms with Gasteiger partial charge < -0.3 is 20.3 Å². The van der Waals surface area contributed by atoms with Gasteiger partial charge in [-0.2, -0.15) is 5.26 Å². The number of primary amides is 1. The molecule has 1 unspecified atom stereocenters. The molecule has 0 bridgehead atoms. The lowest BCUT2D eigenvalue weighted by molar-refractivity contribution is -0.155. The highest BCUT2D eigenvalue weighted by atomic mass is 16.5. The number of piperazine rings is 1. The van der Waals surface area contributed by atoms with Crippen molar-refractivity contribution in [2.45, 2.75) is 69.6 Å². The van der Waals surface area contributed by atoms with Crippen LogP contribution in [0.15, 0.2) is 67.0 Å². The predicted octanol–water partition coefficient (Wildman–Crippen LogP) is 4.14. The Bertz CT molecular complexity index is 2390. The summed E-state index contributed by atoms with van der Waals surface area (Å²) in [5.74, 6) is -0.167. The van der Waals surface area contributed by atoms with Crippen LogP contribution >= 0.6 is 0 Å². The summed E-state index contributed by atoms with van der Waals surface area (Å²) in [5, 5.41) is 10.3. The summed E-state index contributed by atoms with van der Waals surface area (Å²) < 4.78 is 6.38. The number of carbonyl (C=O) groups is 5. The standard InChI is InChI=1S/C45H47N9O6/c46-25-29-3-12-38(35-2-1-17-48-41(29)35)60-33-8-5-31(6-9-33)53-40(55)14-11-37(45(53)59)54-43(57)34-10-7-32(24-36(34)44(54)58)51-22-20-50(21-23-51)27-28-15-18-52(19-16-28)39-13-4-30(26-49-39)42(47)56/h1-4,7,10,12-13,17,24,26,28,31,33,37H,5-6,8-9,11,14-16,18-23,27H2,(H2,47,56). The number of carbonyl (C=O) groups excluding carboxylic acids is 5. The lowest BCUT2D eigenvalue weighted by Gasteiger charge is -2.41. The molecule has 5 amide bonds. The van der Waals surface area contributed by atoms with Gasteiger partial charge in [-0.05, 0) is 105 Å². The maximum absolute atomic E-state index is 14.1. The smallest absolute Gasteiger partial charge is 0.262 e. The molecule has 4 fully saturated rings. The molecule has 2 aromatic carbocycles. The molecule has 15 nitrogen and oxygen atoms in total. The Morgan fingerprint density at radius 2 is 1.57 bits per heavy atom. The van der Waals surface area contributed by atoms with Gasteiger partial charge in [0, 0.05) is 81.7 Å². The number of benzene rings is 2. The molecular weight excluding hydrogens is 763 g/mol. The van der Waals surface area contributed by atoms with Crippen molar-refractivity contribution >= 4 is 51.9 Å². The van der Waals surface area contributed by atoms with Crippen LogP contribution in [0.5, 0.6) is 5.75 Å². The largest absolute Gasteiger partial charge is 0.490 e. The van der Waals surface area contributed by atoms with Gasteiger partial charge in [0.2, 0.25) is 11.8 Å². The fourth-order valence-electron chi connectivity index (χ4n) is 9.70. The highest BCUT2D eigenvalue weighted by Crippen LogP contribution is 2.36. The van der Waals surface area contributed by atoms with E-state index in [4.69, 9.17) is 10.5 Å². The third-order valence-electron chi connectivity index (χ3n) is 13.0. The molecule has 2 aromatic heterocycles. The maximum Gasteiger partial charge on any atom is 0.262 e. The van der Waals surface area contributed by atoms with Crippen molar-refractivity contribution in [1.82, 2.24) is 24.7 Å². The van der Waals surface area contributed by atoms with Gasteiger partial charge in [-0.25, -0.2) is 4.98 Å². The van der Waals surface area contributed by atoms with Crippen LogP contribution in [0.1, 0.15) is 88.0 Å². The molecule has 3 saturated heterocycles. The summed E-state index contributed by atoms with van der Waals surface area (Å²) in [6.07, 6.45) is 7.59. The monoisotopic (exact) mass is 809 g/mol. The minimum Gasteiger partial charge on any atom is -0.490 e. The number of nitrogens with two attached hydrogens (primary N) is 1. The summed E-state index contributed by atoms with van der Waals surface area (Å²) in [6.45, 7) is 6.15. The average Bonchev–Trinajstić information content (AvgIpc) is 3.52. The number of ether oxygens (including phenoxy) is 1. The van der Waals surface area contributed by atoms with Crippen LogP contribution in [0.3, 0.4) is 0 Å². The normalized spacial score (nSPS) is 22.9. The van der Waals surface area contributed by atoms with Crippen LogP contribution in [-0.2, 0) is 9.59 Å². The number of likely N-dealkylation sites (tertiary alicyclic amines) is 1. The van der Waals surface area contributed by atoms with Gasteiger partial charge in [-0.1, -0.05) is 0 Å². The van der Waals surface area contributed by atoms with Crippen LogP contribution in [0.4, 0.5) is 11.5 Å². The first kappa shape index (κ1) is 39.1. The molecular formula is C45H47N9O6. The highest BCUT2D eigenvalue weighted by molar-refractivity contribution is 6.23. The molecule has 4 aromatic rings. The number of aromatic nitrogens is 2. The van der Waals surface area contributed by atoms with E-state index in [1.54, 1.807) is 42.6 Å². The van der Waals surface area contributed by atoms with Crippen molar-refractivity contribution in [2.24, 2.45) is 11.7 Å². The molecule has 4 aliphatic heterocycles. The number of pyridine rings is 2. The molecule has 0 spiro atoms. The second-order valence-corrected chi connectivity index (χ2v) is 16.5. The Hall–Kier alpha value is -6.40. The maximum atomic E-state index is 14.1. The number of piperidine rings is 2. The van der Waals surface area contributed by atoms with Crippen LogP contribution in [0, 0.1) is 17.2 Å². The quantitative estimate of drug-likeness (QED) is 0.239. The second kappa shape index (κ2) is 16.3. The van der Waals surface area contributed by atoms with Crippen molar-refractivity contribution in [3.8, 4) is 11.8 Å². The molecule has 1 aliphatic carbocycles. The van der Waals surface area contributed by atoms with Crippen LogP contribution in [0.25, 0.3) is 10.9 Å². The van der Waals surface area contributed by atoms with E-state index < -0.39 is 29.7 Å². The fraction of sp³-hybridized carbons (Fsp3) is 0.422. The molecule has 1 saturated carbocycles. The third-order valence-corrected chi connectivity index (χ3v) is 13.0. The molecule has 308 valence electrons. The van der Waals surface area contributed by atoms with Gasteiger partial charge in [0.05, 0.1) is 33.9 Å². The fourth-order valence-corrected chi connectivity index (χ4v) is 9.70. The van der Waals surface area contributed by atoms with E-state index >= 15 is 0 Å². The van der Waals surface area contributed by atoms with Crippen molar-refractivity contribution in [3.63, 3.8) is 0 Å². The topological polar surface area (TPSA) is 186 Å². The molecule has 9 rings (SSSR count). The number of rotatable bonds is 9. The zero-order valence-electron chi connectivity index (χ0n) is 33.4. The minimum absolute atomic E-state index is 0.0719. The Kier molecular flexibility index (Phi) is 10.6. The van der Waals surface area contributed by atoms with E-state index in [1.807, 2.05) is 18.2 Å². The predicted molar refractivity (Wildman–Crippen MR) is 221 cm³/mol. The van der Waals surface area contributed by atoms with Crippen LogP contribution in [0.2, 0.25) is 0 Å². The van der Waals surface area contributed by atoms with Gasteiger partial charge in [0.15, 0.2) is 0 Å². The Labute approximate surface area is 347 Å². The molecule has 60 heavy (non-hydrogen) atoms. The Morgan fingerprint density at radius 3 is 2.28 bits per heavy atom. The summed E-state index contributed by atoms with van der Waals surface area (Å²) in [6, 6.07) is 16.9. The first-order chi connectivity index (χ1) is 29.2. The average molecular weight is 810 g/mol. The molecule has 5 aliphatic rings. The highest BCUT2D eigenvalue weighted by Gasteiger charge is 2.49. The van der Waals surface area contributed by atoms with E-state index in [0.717, 1.165) is 80.4 Å². The SMILES string of the molecule is N#Cc1ccc(OC2CCC(N3C(=O)CCC(N4C(=O)c5ccc(N6CCN(CC7CCN(c8ccc(C(N)=O)cn8)CC7)CC6)cc5C4=O)C3=O)CC2)c2cccnc12. The van der Waals surface area contributed by atoms with E-state index in [0.29, 0.717) is 59.6 Å². The Morgan fingerprint density at radius 1 is 0.800 bits per heavy atom. The molecule has 0 radical (unpaired) electrons. The number of nitriles is 1. The van der Waals surface area contributed by atoms with Gasteiger partial charge in [0.1, 0.15) is 23.7 Å². The number of hydrogen-bond acceptors (Lipinski definition) is 12. The van der Waals surface area contributed by atoms with Crippen molar-refractivity contribution < 1.29 is 28.7 Å². The summed E-state index contributed by atoms with van der Waals surface area (Å²) in [5.41, 5.74) is 8.27.